The Morgan fingerprint density at radius 2 is 1.38 bits per heavy atom. The molecular formula is C28H19N3NaO6S2+. The van der Waals surface area contributed by atoms with E-state index in [-0.39, 0.29) is 39.3 Å². The van der Waals surface area contributed by atoms with Crippen LogP contribution < -0.4 is 39.4 Å². The second kappa shape index (κ2) is 10.5. The van der Waals surface area contributed by atoms with E-state index < -0.39 is 20.2 Å². The van der Waals surface area contributed by atoms with E-state index in [1.165, 1.54) is 36.4 Å². The number of hydrogen-bond acceptors (Lipinski definition) is 7. The molecule has 0 aliphatic heterocycles. The van der Waals surface area contributed by atoms with Crippen molar-refractivity contribution < 1.29 is 60.1 Å². The minimum absolute atomic E-state index is 0. The van der Waals surface area contributed by atoms with Crippen molar-refractivity contribution in [3.05, 3.63) is 103 Å². The molecule has 0 radical (unpaired) electrons. The van der Waals surface area contributed by atoms with E-state index in [2.05, 4.69) is 5.32 Å². The number of nitrogens with one attached hydrogen (secondary N) is 1. The van der Waals surface area contributed by atoms with Crippen LogP contribution in [0.3, 0.4) is 0 Å². The molecule has 0 amide bonds. The van der Waals surface area contributed by atoms with Crippen molar-refractivity contribution >= 4 is 64.5 Å². The smallest absolute Gasteiger partial charge is 0.744 e. The summed E-state index contributed by atoms with van der Waals surface area (Å²) in [6.45, 7) is 0. The topological polar surface area (TPSA) is 140 Å². The first kappa shape index (κ1) is 28.1. The van der Waals surface area contributed by atoms with Crippen LogP contribution >= 0.6 is 0 Å². The largest absolute Gasteiger partial charge is 1.00 e. The average molecular weight is 581 g/mol. The molecule has 9 nitrogen and oxygen atoms in total. The Bertz CT molecular complexity index is 2140. The standard InChI is InChI=1S/C28H19N3O6S2.Na/c32-38(33,34)20-12-10-18(11-13-20)29-25-17-27-28(22-15-14-21(16-23(22)25)39(35,36)37)30-24-8-4-5-9-26(24)31(27)19-6-2-1-3-7-19;/h1-17H,(H2,32,33,34,35,36,37);/q;+1. The SMILES string of the molecule is O=S(=O)([O-])c1ccc(Nc2cc3c(nc4ccccc4[n+]3-c3ccccc3)c3ccc(S(=O)(=O)O)cc23)cc1.[Na+]. The molecule has 40 heavy (non-hydrogen) atoms. The molecule has 0 aliphatic rings. The van der Waals surface area contributed by atoms with Crippen molar-refractivity contribution in [1.82, 2.24) is 4.98 Å². The van der Waals surface area contributed by atoms with Crippen molar-refractivity contribution in [1.29, 1.82) is 0 Å². The maximum Gasteiger partial charge on any atom is 1.00 e. The van der Waals surface area contributed by atoms with Crippen LogP contribution in [-0.4, -0.2) is 30.9 Å². The van der Waals surface area contributed by atoms with Crippen LogP contribution in [0, 0.1) is 0 Å². The Labute approximate surface area is 251 Å². The molecule has 0 bridgehead atoms. The van der Waals surface area contributed by atoms with Crippen LogP contribution in [0.15, 0.2) is 113 Å². The van der Waals surface area contributed by atoms with Gasteiger partial charge in [0.25, 0.3) is 10.1 Å². The van der Waals surface area contributed by atoms with E-state index in [1.807, 2.05) is 65.2 Å². The number of fused-ring (bicyclic) bond motifs is 4. The first-order valence-electron chi connectivity index (χ1n) is 11.7. The van der Waals surface area contributed by atoms with Crippen LogP contribution in [0.5, 0.6) is 0 Å². The van der Waals surface area contributed by atoms with E-state index >= 15 is 0 Å². The van der Waals surface area contributed by atoms with E-state index in [0.29, 0.717) is 33.2 Å². The average Bonchev–Trinajstić information content (AvgIpc) is 2.91. The molecule has 6 aromatic rings. The van der Waals surface area contributed by atoms with Gasteiger partial charge in [-0.2, -0.15) is 8.42 Å². The Balaban J connectivity index is 0.00000323. The zero-order valence-corrected chi connectivity index (χ0v) is 24.6. The van der Waals surface area contributed by atoms with Crippen molar-refractivity contribution in [2.75, 3.05) is 5.32 Å². The summed E-state index contributed by atoms with van der Waals surface area (Å²) in [5.74, 6) is 0. The predicted octanol–water partition coefficient (Wildman–Crippen LogP) is 1.72. The van der Waals surface area contributed by atoms with Crippen LogP contribution in [0.2, 0.25) is 0 Å². The van der Waals surface area contributed by atoms with Gasteiger partial charge in [0.1, 0.15) is 21.2 Å². The van der Waals surface area contributed by atoms with Gasteiger partial charge in [-0.15, -0.1) is 4.57 Å². The molecule has 0 spiro atoms. The van der Waals surface area contributed by atoms with Gasteiger partial charge in [0.05, 0.1) is 15.5 Å². The third-order valence-electron chi connectivity index (χ3n) is 6.39. The zero-order valence-electron chi connectivity index (χ0n) is 21.0. The van der Waals surface area contributed by atoms with E-state index in [0.717, 1.165) is 16.7 Å². The van der Waals surface area contributed by atoms with Crippen molar-refractivity contribution in [3.63, 3.8) is 0 Å². The third-order valence-corrected chi connectivity index (χ3v) is 8.09. The van der Waals surface area contributed by atoms with E-state index in [9.17, 15) is 25.9 Å². The molecule has 0 saturated heterocycles. The first-order valence-corrected chi connectivity index (χ1v) is 14.5. The van der Waals surface area contributed by atoms with Gasteiger partial charge in [-0.1, -0.05) is 36.4 Å². The molecule has 1 aromatic heterocycles. The summed E-state index contributed by atoms with van der Waals surface area (Å²) >= 11 is 0. The Hall–Kier alpha value is -3.42. The summed E-state index contributed by atoms with van der Waals surface area (Å²) in [4.78, 5) is 4.25. The van der Waals surface area contributed by atoms with Gasteiger partial charge >= 0.3 is 29.6 Å². The maximum atomic E-state index is 12.0. The summed E-state index contributed by atoms with van der Waals surface area (Å²) in [5.41, 5.74) is 4.71. The third kappa shape index (κ3) is 5.20. The molecule has 194 valence electrons. The number of benzene rings is 5. The number of hydrogen-bond donors (Lipinski definition) is 2. The fraction of sp³-hybridized carbons (Fsp3) is 0. The molecule has 12 heteroatoms. The van der Waals surface area contributed by atoms with Gasteiger partial charge in [0.2, 0.25) is 16.7 Å². The van der Waals surface area contributed by atoms with Gasteiger partial charge in [-0.3, -0.25) is 4.55 Å². The second-order valence-corrected chi connectivity index (χ2v) is 11.7. The van der Waals surface area contributed by atoms with Crippen molar-refractivity contribution in [2.45, 2.75) is 9.79 Å². The van der Waals surface area contributed by atoms with Gasteiger partial charge < -0.3 is 9.87 Å². The molecule has 1 heterocycles. The number of anilines is 2. The normalized spacial score (nSPS) is 11.9. The van der Waals surface area contributed by atoms with Crippen LogP contribution in [-0.2, 0) is 20.2 Å². The number of rotatable bonds is 5. The molecule has 6 rings (SSSR count). The fourth-order valence-electron chi connectivity index (χ4n) is 4.64. The first-order chi connectivity index (χ1) is 18.6. The summed E-state index contributed by atoms with van der Waals surface area (Å²) in [6, 6.07) is 28.7. The molecule has 0 unspecified atom stereocenters. The Kier molecular flexibility index (Phi) is 7.40. The zero-order chi connectivity index (χ0) is 27.4. The summed E-state index contributed by atoms with van der Waals surface area (Å²) < 4.78 is 69.8. The predicted molar refractivity (Wildman–Crippen MR) is 146 cm³/mol. The fourth-order valence-corrected chi connectivity index (χ4v) is 5.62. The Morgan fingerprint density at radius 3 is 2.05 bits per heavy atom. The van der Waals surface area contributed by atoms with Gasteiger partial charge in [0, 0.05) is 40.7 Å². The van der Waals surface area contributed by atoms with Crippen molar-refractivity contribution in [2.24, 2.45) is 0 Å². The van der Waals surface area contributed by atoms with Gasteiger partial charge in [0.15, 0.2) is 0 Å². The molecule has 5 aromatic carbocycles. The van der Waals surface area contributed by atoms with Crippen LogP contribution in [0.1, 0.15) is 0 Å². The number of aromatic nitrogens is 2. The number of nitrogens with zero attached hydrogens (tertiary/aromatic N) is 2. The Morgan fingerprint density at radius 1 is 0.725 bits per heavy atom. The minimum atomic E-state index is -4.62. The van der Waals surface area contributed by atoms with Crippen LogP contribution in [0.25, 0.3) is 38.5 Å². The quantitative estimate of drug-likeness (QED) is 0.103. The minimum Gasteiger partial charge on any atom is -0.744 e. The summed E-state index contributed by atoms with van der Waals surface area (Å²) in [6.07, 6.45) is 0. The molecule has 0 atom stereocenters. The molecule has 2 N–H and O–H groups in total. The van der Waals surface area contributed by atoms with E-state index in [4.69, 9.17) is 4.98 Å². The molecule has 0 aliphatic carbocycles. The molecular weight excluding hydrogens is 561 g/mol. The maximum absolute atomic E-state index is 12.0. The van der Waals surface area contributed by atoms with Gasteiger partial charge in [-0.05, 0) is 42.5 Å². The van der Waals surface area contributed by atoms with E-state index in [1.54, 1.807) is 6.07 Å². The summed E-state index contributed by atoms with van der Waals surface area (Å²) in [7, 11) is -9.12. The second-order valence-electron chi connectivity index (χ2n) is 8.85. The number of para-hydroxylation sites is 3. The molecule has 0 saturated carbocycles. The summed E-state index contributed by atoms with van der Waals surface area (Å²) in [5, 5.41) is 4.29. The van der Waals surface area contributed by atoms with Crippen molar-refractivity contribution in [3.8, 4) is 5.69 Å². The van der Waals surface area contributed by atoms with Gasteiger partial charge in [-0.25, -0.2) is 13.4 Å². The molecule has 0 fully saturated rings. The van der Waals surface area contributed by atoms with Crippen LogP contribution in [0.4, 0.5) is 11.4 Å². The monoisotopic (exact) mass is 580 g/mol.